The Morgan fingerprint density at radius 1 is 0.943 bits per heavy atom. The number of methoxy groups -OCH3 is 1. The number of nitrogens with zero attached hydrogens (tertiary/aromatic N) is 2. The van der Waals surface area contributed by atoms with Crippen LogP contribution in [0.1, 0.15) is 18.0 Å². The van der Waals surface area contributed by atoms with Gasteiger partial charge in [0.15, 0.2) is 0 Å². The van der Waals surface area contributed by atoms with E-state index < -0.39 is 16.1 Å². The monoisotopic (exact) mass is 494 g/mol. The number of carbonyl (C=O) groups is 1. The first-order valence-electron chi connectivity index (χ1n) is 11.4. The van der Waals surface area contributed by atoms with Crippen LogP contribution in [0.15, 0.2) is 76.4 Å². The molecule has 1 saturated heterocycles. The number of anilines is 2. The zero-order chi connectivity index (χ0) is 24.6. The Morgan fingerprint density at radius 3 is 2.40 bits per heavy atom. The van der Waals surface area contributed by atoms with Crippen LogP contribution in [-0.2, 0) is 16.6 Å². The van der Waals surface area contributed by atoms with Gasteiger partial charge in [-0.15, -0.1) is 0 Å². The molecule has 0 aliphatic carbocycles. The van der Waals surface area contributed by atoms with Crippen LogP contribution in [0.2, 0.25) is 0 Å². The normalized spacial score (nSPS) is 19.5. The van der Waals surface area contributed by atoms with E-state index in [1.807, 2.05) is 18.2 Å². The minimum atomic E-state index is -3.73. The molecule has 2 atom stereocenters. The Kier molecular flexibility index (Phi) is 6.08. The van der Waals surface area contributed by atoms with Gasteiger partial charge in [-0.2, -0.15) is 4.31 Å². The van der Waals surface area contributed by atoms with Crippen LogP contribution < -0.4 is 20.9 Å². The van der Waals surface area contributed by atoms with Crippen molar-refractivity contribution in [3.63, 3.8) is 0 Å². The SMILES string of the molecule is COc1ccc(S(=O)(=O)N2CC3CC(C2)c2c(NC(=O)Nc4ccccc4)ccc(=O)n2C3)cc1. The average molecular weight is 495 g/mol. The molecule has 182 valence electrons. The number of piperidine rings is 1. The lowest BCUT2D eigenvalue weighted by Gasteiger charge is -2.42. The highest BCUT2D eigenvalue weighted by atomic mass is 32.2. The average Bonchev–Trinajstić information content (AvgIpc) is 2.86. The molecule has 2 aliphatic heterocycles. The molecular weight excluding hydrogens is 468 g/mol. The van der Waals surface area contributed by atoms with Crippen molar-refractivity contribution >= 4 is 27.4 Å². The summed E-state index contributed by atoms with van der Waals surface area (Å²) in [4.78, 5) is 25.5. The Morgan fingerprint density at radius 2 is 1.69 bits per heavy atom. The lowest BCUT2D eigenvalue weighted by atomic mass is 9.83. The van der Waals surface area contributed by atoms with Crippen molar-refractivity contribution in [1.82, 2.24) is 8.87 Å². The number of pyridine rings is 1. The number of ether oxygens (including phenoxy) is 1. The Balaban J connectivity index is 1.42. The predicted octanol–water partition coefficient (Wildman–Crippen LogP) is 3.31. The molecule has 1 fully saturated rings. The number of aromatic nitrogens is 1. The van der Waals surface area contributed by atoms with E-state index in [1.54, 1.807) is 34.9 Å². The minimum Gasteiger partial charge on any atom is -0.497 e. The molecule has 0 saturated carbocycles. The first-order valence-corrected chi connectivity index (χ1v) is 12.8. The zero-order valence-corrected chi connectivity index (χ0v) is 20.0. The lowest BCUT2D eigenvalue weighted by Crippen LogP contribution is -2.49. The number of benzene rings is 2. The van der Waals surface area contributed by atoms with Crippen LogP contribution in [0.25, 0.3) is 0 Å². The zero-order valence-electron chi connectivity index (χ0n) is 19.2. The summed E-state index contributed by atoms with van der Waals surface area (Å²) in [5, 5.41) is 5.63. The van der Waals surface area contributed by atoms with E-state index in [-0.39, 0.29) is 28.8 Å². The number of para-hydroxylation sites is 1. The van der Waals surface area contributed by atoms with E-state index in [2.05, 4.69) is 10.6 Å². The fourth-order valence-electron chi connectivity index (χ4n) is 4.98. The molecule has 0 spiro atoms. The number of amides is 2. The molecule has 2 aliphatic rings. The molecule has 3 aromatic rings. The second-order valence-corrected chi connectivity index (χ2v) is 10.8. The van der Waals surface area contributed by atoms with E-state index in [9.17, 15) is 18.0 Å². The van der Waals surface area contributed by atoms with Crippen molar-refractivity contribution in [2.24, 2.45) is 5.92 Å². The molecule has 35 heavy (non-hydrogen) atoms. The van der Waals surface area contributed by atoms with Crippen molar-refractivity contribution in [1.29, 1.82) is 0 Å². The fraction of sp³-hybridized carbons (Fsp3) is 0.280. The van der Waals surface area contributed by atoms with E-state index in [1.165, 1.54) is 29.6 Å². The van der Waals surface area contributed by atoms with E-state index in [4.69, 9.17) is 4.74 Å². The Labute approximate surface area is 203 Å². The van der Waals surface area contributed by atoms with Crippen LogP contribution in [0, 0.1) is 5.92 Å². The van der Waals surface area contributed by atoms with Gasteiger partial charge in [0, 0.05) is 43.0 Å². The highest BCUT2D eigenvalue weighted by Gasteiger charge is 2.40. The molecule has 2 amide bonds. The largest absolute Gasteiger partial charge is 0.497 e. The maximum Gasteiger partial charge on any atom is 0.323 e. The Hall–Kier alpha value is -3.63. The molecule has 2 N–H and O–H groups in total. The van der Waals surface area contributed by atoms with Crippen LogP contribution in [0.5, 0.6) is 5.75 Å². The molecule has 9 nitrogen and oxygen atoms in total. The van der Waals surface area contributed by atoms with Crippen LogP contribution >= 0.6 is 0 Å². The summed E-state index contributed by atoms with van der Waals surface area (Å²) < 4.78 is 35.1. The van der Waals surface area contributed by atoms with Gasteiger partial charge in [-0.1, -0.05) is 18.2 Å². The van der Waals surface area contributed by atoms with Crippen molar-refractivity contribution in [3.05, 3.63) is 82.8 Å². The summed E-state index contributed by atoms with van der Waals surface area (Å²) in [6.07, 6.45) is 0.743. The van der Waals surface area contributed by atoms with Gasteiger partial charge >= 0.3 is 6.03 Å². The van der Waals surface area contributed by atoms with Crippen molar-refractivity contribution in [2.75, 3.05) is 30.8 Å². The summed E-state index contributed by atoms with van der Waals surface area (Å²) in [5.41, 5.74) is 1.65. The summed E-state index contributed by atoms with van der Waals surface area (Å²) in [6, 6.07) is 18.0. The smallest absolute Gasteiger partial charge is 0.323 e. The number of hydrogen-bond acceptors (Lipinski definition) is 5. The molecule has 2 aromatic carbocycles. The summed E-state index contributed by atoms with van der Waals surface area (Å²) in [6.45, 7) is 0.960. The maximum atomic E-state index is 13.4. The topological polar surface area (TPSA) is 110 Å². The van der Waals surface area contributed by atoms with Gasteiger partial charge in [0.05, 0.1) is 17.7 Å². The van der Waals surface area contributed by atoms with Gasteiger partial charge in [0.1, 0.15) is 5.75 Å². The second-order valence-electron chi connectivity index (χ2n) is 8.82. The van der Waals surface area contributed by atoms with Gasteiger partial charge in [0.2, 0.25) is 10.0 Å². The first-order chi connectivity index (χ1) is 16.8. The van der Waals surface area contributed by atoms with Gasteiger partial charge in [0.25, 0.3) is 5.56 Å². The Bertz CT molecular complexity index is 1400. The van der Waals surface area contributed by atoms with E-state index in [0.717, 1.165) is 6.42 Å². The first kappa shape index (κ1) is 23.1. The van der Waals surface area contributed by atoms with Crippen molar-refractivity contribution < 1.29 is 17.9 Å². The summed E-state index contributed by atoms with van der Waals surface area (Å²) >= 11 is 0. The van der Waals surface area contributed by atoms with E-state index >= 15 is 0 Å². The number of fused-ring (bicyclic) bond motifs is 4. The third-order valence-corrected chi connectivity index (χ3v) is 8.38. The van der Waals surface area contributed by atoms with Crippen molar-refractivity contribution in [3.8, 4) is 5.75 Å². The van der Waals surface area contributed by atoms with Crippen LogP contribution in [-0.4, -0.2) is 43.5 Å². The van der Waals surface area contributed by atoms with Crippen LogP contribution in [0.3, 0.4) is 0 Å². The molecule has 2 unspecified atom stereocenters. The highest BCUT2D eigenvalue weighted by molar-refractivity contribution is 7.89. The highest BCUT2D eigenvalue weighted by Crippen LogP contribution is 2.40. The fourth-order valence-corrected chi connectivity index (χ4v) is 6.54. The van der Waals surface area contributed by atoms with Gasteiger partial charge < -0.3 is 19.9 Å². The second kappa shape index (κ2) is 9.20. The molecule has 0 radical (unpaired) electrons. The summed E-state index contributed by atoms with van der Waals surface area (Å²) in [5.74, 6) is 0.356. The molecule has 10 heteroatoms. The lowest BCUT2D eigenvalue weighted by molar-refractivity contribution is 0.187. The standard InChI is InChI=1S/C25H26N4O5S/c1-34-20-7-9-21(10-8-20)35(32,33)28-14-17-13-18(16-28)24-22(11-12-23(30)29(24)15-17)27-25(31)26-19-5-3-2-4-6-19/h2-12,17-18H,13-16H2,1H3,(H2,26,27,31). The molecule has 3 heterocycles. The molecule has 2 bridgehead atoms. The third kappa shape index (κ3) is 4.54. The van der Waals surface area contributed by atoms with E-state index in [0.29, 0.717) is 35.9 Å². The summed E-state index contributed by atoms with van der Waals surface area (Å²) in [7, 11) is -2.20. The maximum absolute atomic E-state index is 13.4. The molecule has 1 aromatic heterocycles. The number of rotatable bonds is 5. The van der Waals surface area contributed by atoms with Crippen molar-refractivity contribution in [2.45, 2.75) is 23.8 Å². The molecular formula is C25H26N4O5S. The van der Waals surface area contributed by atoms with Gasteiger partial charge in [-0.3, -0.25) is 4.79 Å². The minimum absolute atomic E-state index is 0.000341. The van der Waals surface area contributed by atoms with Gasteiger partial charge in [-0.25, -0.2) is 13.2 Å². The third-order valence-electron chi connectivity index (χ3n) is 6.53. The number of urea groups is 1. The quantitative estimate of drug-likeness (QED) is 0.566. The number of hydrogen-bond donors (Lipinski definition) is 2. The number of nitrogens with one attached hydrogen (secondary N) is 2. The molecule has 5 rings (SSSR count). The van der Waals surface area contributed by atoms with Gasteiger partial charge in [-0.05, 0) is 54.8 Å². The number of sulfonamides is 1. The number of carbonyl (C=O) groups excluding carboxylic acids is 1. The predicted molar refractivity (Wildman–Crippen MR) is 132 cm³/mol. The van der Waals surface area contributed by atoms with Crippen LogP contribution in [0.4, 0.5) is 16.2 Å².